The summed E-state index contributed by atoms with van der Waals surface area (Å²) >= 11 is 0. The molecular weight excluding hydrogens is 325 g/mol. The summed E-state index contributed by atoms with van der Waals surface area (Å²) in [5.41, 5.74) is 2.24. The Morgan fingerprint density at radius 2 is 1.96 bits per heavy atom. The molecule has 25 heavy (non-hydrogen) atoms. The molecule has 0 bridgehead atoms. The first-order valence-electron chi connectivity index (χ1n) is 7.82. The first-order chi connectivity index (χ1) is 12.0. The van der Waals surface area contributed by atoms with Gasteiger partial charge in [0.05, 0.1) is 7.11 Å². The number of esters is 1. The molecule has 2 aromatic rings. The number of methoxy groups -OCH3 is 1. The van der Waals surface area contributed by atoms with Crippen molar-refractivity contribution in [2.45, 2.75) is 19.8 Å². The molecule has 0 aromatic heterocycles. The Balaban J connectivity index is 1.88. The van der Waals surface area contributed by atoms with E-state index in [1.54, 1.807) is 30.3 Å². The largest absolute Gasteiger partial charge is 0.482 e. The van der Waals surface area contributed by atoms with E-state index in [1.165, 1.54) is 19.2 Å². The first kappa shape index (κ1) is 18.4. The molecular formula is C19H20FNO4. The number of hydrogen-bond acceptors (Lipinski definition) is 4. The normalized spacial score (nSPS) is 10.2. The van der Waals surface area contributed by atoms with Crippen molar-refractivity contribution in [3.8, 4) is 5.75 Å². The number of hydrogen-bond donors (Lipinski definition) is 1. The zero-order valence-corrected chi connectivity index (χ0v) is 14.2. The van der Waals surface area contributed by atoms with E-state index < -0.39 is 5.97 Å². The Hall–Kier alpha value is -2.89. The molecule has 0 saturated carbocycles. The third-order valence-electron chi connectivity index (χ3n) is 3.59. The molecule has 0 fully saturated rings. The van der Waals surface area contributed by atoms with Crippen LogP contribution in [0, 0.1) is 12.7 Å². The first-order valence-corrected chi connectivity index (χ1v) is 7.82. The summed E-state index contributed by atoms with van der Waals surface area (Å²) in [5.74, 6) is -0.417. The lowest BCUT2D eigenvalue weighted by Gasteiger charge is -2.11. The summed E-state index contributed by atoms with van der Waals surface area (Å²) < 4.78 is 22.9. The van der Waals surface area contributed by atoms with Crippen LogP contribution in [0.4, 0.5) is 10.1 Å². The van der Waals surface area contributed by atoms with E-state index >= 15 is 0 Å². The van der Waals surface area contributed by atoms with Crippen molar-refractivity contribution < 1.29 is 23.5 Å². The molecule has 0 heterocycles. The Kier molecular flexibility index (Phi) is 6.51. The standard InChI is InChI=1S/C19H20FNO4/c1-13-10-16(25-12-19(23)24-2)7-8-17(13)21-18(22)9-6-14-4-3-5-15(20)11-14/h3-5,7-8,10-11H,6,9,12H2,1-2H3,(H,21,22). The van der Waals surface area contributed by atoms with Gasteiger partial charge in [-0.05, 0) is 54.8 Å². The highest BCUT2D eigenvalue weighted by Crippen LogP contribution is 2.21. The number of anilines is 1. The second kappa shape index (κ2) is 8.82. The molecule has 0 atom stereocenters. The van der Waals surface area contributed by atoms with Crippen LogP contribution in [0.25, 0.3) is 0 Å². The predicted molar refractivity (Wildman–Crippen MR) is 92.0 cm³/mol. The zero-order valence-electron chi connectivity index (χ0n) is 14.2. The number of benzene rings is 2. The fourth-order valence-corrected chi connectivity index (χ4v) is 2.23. The molecule has 0 unspecified atom stereocenters. The molecule has 132 valence electrons. The van der Waals surface area contributed by atoms with Gasteiger partial charge in [0, 0.05) is 12.1 Å². The van der Waals surface area contributed by atoms with Crippen molar-refractivity contribution in [3.63, 3.8) is 0 Å². The van der Waals surface area contributed by atoms with Crippen LogP contribution in [-0.2, 0) is 20.7 Å². The second-order valence-electron chi connectivity index (χ2n) is 5.52. The number of nitrogens with one attached hydrogen (secondary N) is 1. The molecule has 6 heteroatoms. The van der Waals surface area contributed by atoms with Crippen LogP contribution in [-0.4, -0.2) is 25.6 Å². The van der Waals surface area contributed by atoms with Gasteiger partial charge in [-0.15, -0.1) is 0 Å². The topological polar surface area (TPSA) is 64.6 Å². The van der Waals surface area contributed by atoms with Crippen molar-refractivity contribution in [3.05, 3.63) is 59.4 Å². The fraction of sp³-hybridized carbons (Fsp3) is 0.263. The molecule has 0 spiro atoms. The lowest BCUT2D eigenvalue weighted by molar-refractivity contribution is -0.142. The van der Waals surface area contributed by atoms with Crippen LogP contribution in [0.5, 0.6) is 5.75 Å². The summed E-state index contributed by atoms with van der Waals surface area (Å²) in [6, 6.07) is 11.3. The van der Waals surface area contributed by atoms with Crippen LogP contribution < -0.4 is 10.1 Å². The number of aryl methyl sites for hydroxylation is 2. The maximum Gasteiger partial charge on any atom is 0.343 e. The molecule has 0 radical (unpaired) electrons. The molecule has 0 aliphatic rings. The van der Waals surface area contributed by atoms with Gasteiger partial charge in [-0.2, -0.15) is 0 Å². The van der Waals surface area contributed by atoms with Crippen LogP contribution in [0.15, 0.2) is 42.5 Å². The van der Waals surface area contributed by atoms with E-state index in [1.807, 2.05) is 6.92 Å². The maximum absolute atomic E-state index is 13.1. The van der Waals surface area contributed by atoms with E-state index in [4.69, 9.17) is 4.74 Å². The SMILES string of the molecule is COC(=O)COc1ccc(NC(=O)CCc2cccc(F)c2)c(C)c1. The second-order valence-corrected chi connectivity index (χ2v) is 5.52. The van der Waals surface area contributed by atoms with Gasteiger partial charge in [-0.1, -0.05) is 12.1 Å². The maximum atomic E-state index is 13.1. The highest BCUT2D eigenvalue weighted by atomic mass is 19.1. The van der Waals surface area contributed by atoms with Crippen molar-refractivity contribution in [1.29, 1.82) is 0 Å². The van der Waals surface area contributed by atoms with Gasteiger partial charge < -0.3 is 14.8 Å². The number of ether oxygens (including phenoxy) is 2. The van der Waals surface area contributed by atoms with Crippen molar-refractivity contribution in [2.75, 3.05) is 19.0 Å². The number of carbonyl (C=O) groups excluding carboxylic acids is 2. The number of rotatable bonds is 7. The molecule has 0 saturated heterocycles. The average Bonchev–Trinajstić information content (AvgIpc) is 2.60. The molecule has 1 amide bonds. The van der Waals surface area contributed by atoms with Crippen LogP contribution in [0.3, 0.4) is 0 Å². The Labute approximate surface area is 145 Å². The summed E-state index contributed by atoms with van der Waals surface area (Å²) in [5, 5.41) is 2.82. The highest BCUT2D eigenvalue weighted by molar-refractivity contribution is 5.91. The molecule has 0 aliphatic heterocycles. The van der Waals surface area contributed by atoms with Gasteiger partial charge in [-0.3, -0.25) is 4.79 Å². The van der Waals surface area contributed by atoms with Crippen LogP contribution >= 0.6 is 0 Å². The van der Waals surface area contributed by atoms with Crippen molar-refractivity contribution in [1.82, 2.24) is 0 Å². The van der Waals surface area contributed by atoms with Crippen LogP contribution in [0.1, 0.15) is 17.5 Å². The van der Waals surface area contributed by atoms with Crippen LogP contribution in [0.2, 0.25) is 0 Å². The Morgan fingerprint density at radius 1 is 1.16 bits per heavy atom. The molecule has 2 rings (SSSR count). The number of amides is 1. The smallest absolute Gasteiger partial charge is 0.343 e. The zero-order chi connectivity index (χ0) is 18.2. The lowest BCUT2D eigenvalue weighted by Crippen LogP contribution is -2.14. The monoisotopic (exact) mass is 345 g/mol. The summed E-state index contributed by atoms with van der Waals surface area (Å²) in [7, 11) is 1.29. The quantitative estimate of drug-likeness (QED) is 0.783. The average molecular weight is 345 g/mol. The Morgan fingerprint density at radius 3 is 2.64 bits per heavy atom. The highest BCUT2D eigenvalue weighted by Gasteiger charge is 2.08. The summed E-state index contributed by atoms with van der Waals surface area (Å²) in [6.45, 7) is 1.66. The van der Waals surface area contributed by atoms with Crippen molar-refractivity contribution in [2.24, 2.45) is 0 Å². The lowest BCUT2D eigenvalue weighted by atomic mass is 10.1. The summed E-state index contributed by atoms with van der Waals surface area (Å²) in [4.78, 5) is 23.1. The molecule has 1 N–H and O–H groups in total. The van der Waals surface area contributed by atoms with Gasteiger partial charge in [0.1, 0.15) is 11.6 Å². The van der Waals surface area contributed by atoms with Gasteiger partial charge in [0.15, 0.2) is 6.61 Å². The fourth-order valence-electron chi connectivity index (χ4n) is 2.23. The minimum absolute atomic E-state index is 0.157. The van der Waals surface area contributed by atoms with E-state index in [-0.39, 0.29) is 24.8 Å². The summed E-state index contributed by atoms with van der Waals surface area (Å²) in [6.07, 6.45) is 0.715. The third-order valence-corrected chi connectivity index (χ3v) is 3.59. The number of carbonyl (C=O) groups is 2. The van der Waals surface area contributed by atoms with Gasteiger partial charge >= 0.3 is 5.97 Å². The molecule has 5 nitrogen and oxygen atoms in total. The predicted octanol–water partition coefficient (Wildman–Crippen LogP) is 3.26. The van der Waals surface area contributed by atoms with Gasteiger partial charge in [0.2, 0.25) is 5.91 Å². The van der Waals surface area contributed by atoms with E-state index in [0.717, 1.165) is 11.1 Å². The minimum Gasteiger partial charge on any atom is -0.482 e. The molecule has 2 aromatic carbocycles. The third kappa shape index (κ3) is 5.91. The van der Waals surface area contributed by atoms with Crippen molar-refractivity contribution >= 4 is 17.6 Å². The molecule has 0 aliphatic carbocycles. The van der Waals surface area contributed by atoms with Gasteiger partial charge in [-0.25, -0.2) is 9.18 Å². The minimum atomic E-state index is -0.465. The van der Waals surface area contributed by atoms with Gasteiger partial charge in [0.25, 0.3) is 0 Å². The Bertz CT molecular complexity index is 761. The van der Waals surface area contributed by atoms with E-state index in [0.29, 0.717) is 17.9 Å². The van der Waals surface area contributed by atoms with E-state index in [9.17, 15) is 14.0 Å². The van der Waals surface area contributed by atoms with E-state index in [2.05, 4.69) is 10.1 Å². The number of halogens is 1.